The Bertz CT molecular complexity index is 218. The average Bonchev–Trinajstić information content (AvgIpc) is 2.17. The average molecular weight is 163 g/mol. The maximum absolute atomic E-state index is 6.05. The zero-order valence-corrected chi connectivity index (χ0v) is 7.83. The first-order valence-electron chi connectivity index (χ1n) is 4.56. The van der Waals surface area contributed by atoms with E-state index in [2.05, 4.69) is 26.0 Å². The SMILES string of the molecule is CCC(C)[C@H](N)c1ccccc1. The molecule has 0 aromatic heterocycles. The second-order valence-corrected chi connectivity index (χ2v) is 3.32. The largest absolute Gasteiger partial charge is 0.324 e. The van der Waals surface area contributed by atoms with E-state index in [9.17, 15) is 0 Å². The molecule has 0 amide bonds. The van der Waals surface area contributed by atoms with Crippen LogP contribution in [0.4, 0.5) is 0 Å². The van der Waals surface area contributed by atoms with Crippen molar-refractivity contribution < 1.29 is 0 Å². The molecule has 0 bridgehead atoms. The molecular weight excluding hydrogens is 146 g/mol. The molecule has 0 saturated carbocycles. The van der Waals surface area contributed by atoms with Gasteiger partial charge in [0.25, 0.3) is 0 Å². The van der Waals surface area contributed by atoms with Gasteiger partial charge in [0.05, 0.1) is 0 Å². The standard InChI is InChI=1S/C11H17N/c1-3-9(2)11(12)10-7-5-4-6-8-10/h4-9,11H,3,12H2,1-2H3/t9?,11-/m0/s1. The first kappa shape index (κ1) is 9.27. The highest BCUT2D eigenvalue weighted by atomic mass is 14.6. The molecule has 1 aromatic carbocycles. The van der Waals surface area contributed by atoms with Crippen molar-refractivity contribution >= 4 is 0 Å². The molecule has 2 N–H and O–H groups in total. The monoisotopic (exact) mass is 163 g/mol. The molecule has 1 nitrogen and oxygen atoms in total. The van der Waals surface area contributed by atoms with E-state index in [4.69, 9.17) is 5.73 Å². The van der Waals surface area contributed by atoms with Crippen LogP contribution in [0.3, 0.4) is 0 Å². The Morgan fingerprint density at radius 3 is 2.33 bits per heavy atom. The summed E-state index contributed by atoms with van der Waals surface area (Å²) in [6.07, 6.45) is 1.13. The highest BCUT2D eigenvalue weighted by molar-refractivity contribution is 5.18. The lowest BCUT2D eigenvalue weighted by Crippen LogP contribution is -2.18. The lowest BCUT2D eigenvalue weighted by Gasteiger charge is -2.18. The highest BCUT2D eigenvalue weighted by Gasteiger charge is 2.11. The van der Waals surface area contributed by atoms with Crippen LogP contribution in [-0.4, -0.2) is 0 Å². The molecule has 0 radical (unpaired) electrons. The maximum atomic E-state index is 6.05. The van der Waals surface area contributed by atoms with Crippen LogP contribution < -0.4 is 5.73 Å². The summed E-state index contributed by atoms with van der Waals surface area (Å²) in [7, 11) is 0. The van der Waals surface area contributed by atoms with Gasteiger partial charge in [-0.15, -0.1) is 0 Å². The van der Waals surface area contributed by atoms with E-state index in [1.807, 2.05) is 18.2 Å². The van der Waals surface area contributed by atoms with Crippen LogP contribution in [0.15, 0.2) is 30.3 Å². The second kappa shape index (κ2) is 4.27. The minimum atomic E-state index is 0.191. The fraction of sp³-hybridized carbons (Fsp3) is 0.455. The zero-order chi connectivity index (χ0) is 8.97. The summed E-state index contributed by atoms with van der Waals surface area (Å²) in [6.45, 7) is 4.37. The van der Waals surface area contributed by atoms with Gasteiger partial charge in [-0.25, -0.2) is 0 Å². The van der Waals surface area contributed by atoms with Crippen LogP contribution in [0.1, 0.15) is 31.9 Å². The van der Waals surface area contributed by atoms with E-state index in [0.717, 1.165) is 6.42 Å². The van der Waals surface area contributed by atoms with Gasteiger partial charge in [0.2, 0.25) is 0 Å². The van der Waals surface area contributed by atoms with E-state index in [1.165, 1.54) is 5.56 Å². The van der Waals surface area contributed by atoms with Gasteiger partial charge in [-0.3, -0.25) is 0 Å². The summed E-state index contributed by atoms with van der Waals surface area (Å²) >= 11 is 0. The van der Waals surface area contributed by atoms with Gasteiger partial charge in [0.1, 0.15) is 0 Å². The molecular formula is C11H17N. The third-order valence-electron chi connectivity index (χ3n) is 2.44. The third-order valence-corrected chi connectivity index (χ3v) is 2.44. The van der Waals surface area contributed by atoms with Gasteiger partial charge in [-0.1, -0.05) is 50.6 Å². The van der Waals surface area contributed by atoms with E-state index in [0.29, 0.717) is 5.92 Å². The van der Waals surface area contributed by atoms with Gasteiger partial charge < -0.3 is 5.73 Å². The van der Waals surface area contributed by atoms with Crippen molar-refractivity contribution in [3.8, 4) is 0 Å². The molecule has 0 aliphatic carbocycles. The summed E-state index contributed by atoms with van der Waals surface area (Å²) in [6, 6.07) is 10.5. The van der Waals surface area contributed by atoms with Crippen molar-refractivity contribution in [3.05, 3.63) is 35.9 Å². The van der Waals surface area contributed by atoms with E-state index in [-0.39, 0.29) is 6.04 Å². The minimum absolute atomic E-state index is 0.191. The number of rotatable bonds is 3. The van der Waals surface area contributed by atoms with Gasteiger partial charge >= 0.3 is 0 Å². The number of benzene rings is 1. The van der Waals surface area contributed by atoms with E-state index >= 15 is 0 Å². The highest BCUT2D eigenvalue weighted by Crippen LogP contribution is 2.20. The van der Waals surface area contributed by atoms with Gasteiger partial charge in [0, 0.05) is 6.04 Å². The van der Waals surface area contributed by atoms with Crippen molar-refractivity contribution in [2.24, 2.45) is 11.7 Å². The minimum Gasteiger partial charge on any atom is -0.324 e. The number of nitrogens with two attached hydrogens (primary N) is 1. The first-order chi connectivity index (χ1) is 5.75. The van der Waals surface area contributed by atoms with Crippen molar-refractivity contribution in [3.63, 3.8) is 0 Å². The normalized spacial score (nSPS) is 15.6. The van der Waals surface area contributed by atoms with Crippen molar-refractivity contribution in [1.82, 2.24) is 0 Å². The molecule has 1 heteroatoms. The Morgan fingerprint density at radius 2 is 1.83 bits per heavy atom. The Labute approximate surface area is 74.6 Å². The van der Waals surface area contributed by atoms with Crippen LogP contribution in [0, 0.1) is 5.92 Å². The topological polar surface area (TPSA) is 26.0 Å². The molecule has 12 heavy (non-hydrogen) atoms. The summed E-state index contributed by atoms with van der Waals surface area (Å²) in [5.41, 5.74) is 7.29. The maximum Gasteiger partial charge on any atom is 0.0320 e. The molecule has 0 heterocycles. The fourth-order valence-electron chi connectivity index (χ4n) is 1.26. The first-order valence-corrected chi connectivity index (χ1v) is 4.56. The Morgan fingerprint density at radius 1 is 1.25 bits per heavy atom. The van der Waals surface area contributed by atoms with Gasteiger partial charge in [-0.2, -0.15) is 0 Å². The summed E-state index contributed by atoms with van der Waals surface area (Å²) in [4.78, 5) is 0. The predicted molar refractivity (Wildman–Crippen MR) is 52.8 cm³/mol. The molecule has 1 aromatic rings. The Kier molecular flexibility index (Phi) is 3.30. The summed E-state index contributed by atoms with van der Waals surface area (Å²) in [5, 5.41) is 0. The number of hydrogen-bond acceptors (Lipinski definition) is 1. The van der Waals surface area contributed by atoms with E-state index in [1.54, 1.807) is 0 Å². The molecule has 1 unspecified atom stereocenters. The van der Waals surface area contributed by atoms with Crippen LogP contribution in [-0.2, 0) is 0 Å². The van der Waals surface area contributed by atoms with Crippen LogP contribution in [0.2, 0.25) is 0 Å². The molecule has 0 aliphatic heterocycles. The van der Waals surface area contributed by atoms with Gasteiger partial charge in [0.15, 0.2) is 0 Å². The van der Waals surface area contributed by atoms with Crippen molar-refractivity contribution in [2.75, 3.05) is 0 Å². The second-order valence-electron chi connectivity index (χ2n) is 3.32. The summed E-state index contributed by atoms with van der Waals surface area (Å²) < 4.78 is 0. The molecule has 1 rings (SSSR count). The lowest BCUT2D eigenvalue weighted by molar-refractivity contribution is 0.457. The Hall–Kier alpha value is -0.820. The molecule has 0 fully saturated rings. The molecule has 0 aliphatic rings. The van der Waals surface area contributed by atoms with Gasteiger partial charge in [-0.05, 0) is 11.5 Å². The number of hydrogen-bond donors (Lipinski definition) is 1. The molecule has 0 saturated heterocycles. The van der Waals surface area contributed by atoms with E-state index < -0.39 is 0 Å². The Balaban J connectivity index is 2.71. The third kappa shape index (κ3) is 2.08. The van der Waals surface area contributed by atoms with Crippen molar-refractivity contribution in [2.45, 2.75) is 26.3 Å². The van der Waals surface area contributed by atoms with Crippen LogP contribution in [0.5, 0.6) is 0 Å². The quantitative estimate of drug-likeness (QED) is 0.728. The lowest BCUT2D eigenvalue weighted by atomic mass is 9.94. The van der Waals surface area contributed by atoms with Crippen LogP contribution >= 0.6 is 0 Å². The predicted octanol–water partition coefficient (Wildman–Crippen LogP) is 2.73. The fourth-order valence-corrected chi connectivity index (χ4v) is 1.26. The smallest absolute Gasteiger partial charge is 0.0320 e. The van der Waals surface area contributed by atoms with Crippen molar-refractivity contribution in [1.29, 1.82) is 0 Å². The zero-order valence-electron chi connectivity index (χ0n) is 7.83. The molecule has 2 atom stereocenters. The molecule has 0 spiro atoms. The molecule has 66 valence electrons. The van der Waals surface area contributed by atoms with Crippen LogP contribution in [0.25, 0.3) is 0 Å². The summed E-state index contributed by atoms with van der Waals surface area (Å²) in [5.74, 6) is 0.562.